The predicted octanol–water partition coefficient (Wildman–Crippen LogP) is 1.29. The number of anilines is 1. The molecule has 0 aromatic carbocycles. The van der Waals surface area contributed by atoms with E-state index in [4.69, 9.17) is 0 Å². The van der Waals surface area contributed by atoms with Crippen LogP contribution in [-0.2, 0) is 0 Å². The van der Waals surface area contributed by atoms with Crippen LogP contribution in [0.5, 0.6) is 0 Å². The van der Waals surface area contributed by atoms with Crippen molar-refractivity contribution in [1.82, 2.24) is 10.3 Å². The Kier molecular flexibility index (Phi) is 4.09. The summed E-state index contributed by atoms with van der Waals surface area (Å²) >= 11 is 0. The van der Waals surface area contributed by atoms with E-state index in [1.807, 2.05) is 6.07 Å². The number of hydrogen-bond donors (Lipinski definition) is 1. The fourth-order valence-electron chi connectivity index (χ4n) is 1.40. The van der Waals surface area contributed by atoms with Crippen molar-refractivity contribution in [3.63, 3.8) is 0 Å². The first kappa shape index (κ1) is 11.5. The van der Waals surface area contributed by atoms with E-state index >= 15 is 0 Å². The smallest absolute Gasteiger partial charge is 0.252 e. The largest absolute Gasteiger partial charge is 0.357 e. The Morgan fingerprint density at radius 2 is 2.07 bits per heavy atom. The highest BCUT2D eigenvalue weighted by atomic mass is 16.1. The van der Waals surface area contributed by atoms with Crippen molar-refractivity contribution in [3.8, 4) is 0 Å². The van der Waals surface area contributed by atoms with Gasteiger partial charge in [0.15, 0.2) is 0 Å². The summed E-state index contributed by atoms with van der Waals surface area (Å²) < 4.78 is 0. The van der Waals surface area contributed by atoms with Crippen LogP contribution < -0.4 is 10.2 Å². The Bertz CT molecular complexity index is 317. The number of carbonyl (C=O) groups is 1. The molecule has 1 rings (SSSR count). The monoisotopic (exact) mass is 207 g/mol. The van der Waals surface area contributed by atoms with Gasteiger partial charge >= 0.3 is 0 Å². The standard InChI is InChI=1S/C11H17N3O/c1-4-14(5-2)10-7-6-9(8-13-10)11(15)12-3/h6-8H,4-5H2,1-3H3,(H,12,15). The molecular weight excluding hydrogens is 190 g/mol. The molecule has 1 N–H and O–H groups in total. The third-order valence-electron chi connectivity index (χ3n) is 2.32. The Hall–Kier alpha value is -1.58. The number of nitrogens with zero attached hydrogens (tertiary/aromatic N) is 2. The minimum atomic E-state index is -0.103. The van der Waals surface area contributed by atoms with Gasteiger partial charge in [-0.3, -0.25) is 4.79 Å². The molecule has 0 bridgehead atoms. The molecular formula is C11H17N3O. The number of carbonyl (C=O) groups excluding carboxylic acids is 1. The second kappa shape index (κ2) is 5.34. The maximum Gasteiger partial charge on any atom is 0.252 e. The van der Waals surface area contributed by atoms with Crippen molar-refractivity contribution in [1.29, 1.82) is 0 Å². The van der Waals surface area contributed by atoms with Crippen molar-refractivity contribution in [2.24, 2.45) is 0 Å². The van der Waals surface area contributed by atoms with Crippen LogP contribution in [0.1, 0.15) is 24.2 Å². The molecule has 0 saturated heterocycles. The van der Waals surface area contributed by atoms with Crippen LogP contribution in [-0.4, -0.2) is 31.0 Å². The number of pyridine rings is 1. The molecule has 0 radical (unpaired) electrons. The van der Waals surface area contributed by atoms with Crippen LogP contribution in [0, 0.1) is 0 Å². The van der Waals surface area contributed by atoms with Gasteiger partial charge in [-0.1, -0.05) is 0 Å². The van der Waals surface area contributed by atoms with E-state index in [2.05, 4.69) is 29.0 Å². The van der Waals surface area contributed by atoms with E-state index in [0.29, 0.717) is 5.56 Å². The fraction of sp³-hybridized carbons (Fsp3) is 0.455. The van der Waals surface area contributed by atoms with Crippen molar-refractivity contribution in [2.75, 3.05) is 25.0 Å². The summed E-state index contributed by atoms with van der Waals surface area (Å²) in [6, 6.07) is 3.66. The molecule has 1 amide bonds. The normalized spacial score (nSPS) is 9.80. The second-order valence-electron chi connectivity index (χ2n) is 3.16. The van der Waals surface area contributed by atoms with Gasteiger partial charge in [0.1, 0.15) is 5.82 Å². The summed E-state index contributed by atoms with van der Waals surface area (Å²) in [6.07, 6.45) is 1.60. The molecule has 0 atom stereocenters. The van der Waals surface area contributed by atoms with Gasteiger partial charge in [0.25, 0.3) is 5.91 Å². The van der Waals surface area contributed by atoms with E-state index in [1.54, 1.807) is 19.3 Å². The van der Waals surface area contributed by atoms with E-state index < -0.39 is 0 Å². The first-order valence-electron chi connectivity index (χ1n) is 5.16. The topological polar surface area (TPSA) is 45.2 Å². The van der Waals surface area contributed by atoms with E-state index in [1.165, 1.54) is 0 Å². The van der Waals surface area contributed by atoms with Gasteiger partial charge in [-0.05, 0) is 26.0 Å². The van der Waals surface area contributed by atoms with E-state index in [0.717, 1.165) is 18.9 Å². The Balaban J connectivity index is 2.84. The average molecular weight is 207 g/mol. The zero-order chi connectivity index (χ0) is 11.3. The Labute approximate surface area is 90.3 Å². The zero-order valence-electron chi connectivity index (χ0n) is 9.45. The lowest BCUT2D eigenvalue weighted by atomic mass is 10.2. The first-order chi connectivity index (χ1) is 7.22. The van der Waals surface area contributed by atoms with Gasteiger partial charge < -0.3 is 10.2 Å². The highest BCUT2D eigenvalue weighted by molar-refractivity contribution is 5.93. The molecule has 0 aliphatic heterocycles. The van der Waals surface area contributed by atoms with Crippen molar-refractivity contribution >= 4 is 11.7 Å². The van der Waals surface area contributed by atoms with Crippen molar-refractivity contribution in [2.45, 2.75) is 13.8 Å². The van der Waals surface area contributed by atoms with Crippen LogP contribution >= 0.6 is 0 Å². The number of rotatable bonds is 4. The van der Waals surface area contributed by atoms with Crippen LogP contribution in [0.2, 0.25) is 0 Å². The lowest BCUT2D eigenvalue weighted by molar-refractivity contribution is 0.0963. The molecule has 0 unspecified atom stereocenters. The summed E-state index contributed by atoms with van der Waals surface area (Å²) in [5.41, 5.74) is 0.591. The van der Waals surface area contributed by atoms with Crippen LogP contribution in [0.3, 0.4) is 0 Å². The number of amides is 1. The summed E-state index contributed by atoms with van der Waals surface area (Å²) in [5.74, 6) is 0.807. The van der Waals surface area contributed by atoms with Crippen molar-refractivity contribution < 1.29 is 4.79 Å². The molecule has 1 aromatic rings. The molecule has 0 fully saturated rings. The minimum absolute atomic E-state index is 0.103. The summed E-state index contributed by atoms with van der Waals surface area (Å²) in [7, 11) is 1.61. The summed E-state index contributed by atoms with van der Waals surface area (Å²) in [6.45, 7) is 6.00. The summed E-state index contributed by atoms with van der Waals surface area (Å²) in [4.78, 5) is 17.7. The molecule has 0 aliphatic carbocycles. The zero-order valence-corrected chi connectivity index (χ0v) is 9.45. The molecule has 4 heteroatoms. The number of nitrogens with one attached hydrogen (secondary N) is 1. The Morgan fingerprint density at radius 1 is 1.40 bits per heavy atom. The maximum atomic E-state index is 11.3. The first-order valence-corrected chi connectivity index (χ1v) is 5.16. The van der Waals surface area contributed by atoms with Crippen LogP contribution in [0.25, 0.3) is 0 Å². The maximum absolute atomic E-state index is 11.3. The molecule has 82 valence electrons. The Morgan fingerprint density at radius 3 is 2.47 bits per heavy atom. The number of aromatic nitrogens is 1. The summed E-state index contributed by atoms with van der Waals surface area (Å²) in [5, 5.41) is 2.57. The predicted molar refractivity (Wildman–Crippen MR) is 61.2 cm³/mol. The molecule has 1 aromatic heterocycles. The average Bonchev–Trinajstić information content (AvgIpc) is 2.30. The lowest BCUT2D eigenvalue weighted by Gasteiger charge is -2.19. The van der Waals surface area contributed by atoms with Gasteiger partial charge in [0.2, 0.25) is 0 Å². The van der Waals surface area contributed by atoms with Gasteiger partial charge in [0.05, 0.1) is 5.56 Å². The van der Waals surface area contributed by atoms with E-state index in [-0.39, 0.29) is 5.91 Å². The molecule has 15 heavy (non-hydrogen) atoms. The second-order valence-corrected chi connectivity index (χ2v) is 3.16. The SMILES string of the molecule is CCN(CC)c1ccc(C(=O)NC)cn1. The van der Waals surface area contributed by atoms with Gasteiger partial charge in [0, 0.05) is 26.3 Å². The van der Waals surface area contributed by atoms with Gasteiger partial charge in [-0.2, -0.15) is 0 Å². The minimum Gasteiger partial charge on any atom is -0.357 e. The molecule has 1 heterocycles. The fourth-order valence-corrected chi connectivity index (χ4v) is 1.40. The van der Waals surface area contributed by atoms with Gasteiger partial charge in [-0.15, -0.1) is 0 Å². The number of hydrogen-bond acceptors (Lipinski definition) is 3. The molecule has 0 saturated carbocycles. The van der Waals surface area contributed by atoms with Crippen molar-refractivity contribution in [3.05, 3.63) is 23.9 Å². The highest BCUT2D eigenvalue weighted by Gasteiger charge is 2.06. The van der Waals surface area contributed by atoms with Crippen LogP contribution in [0.4, 0.5) is 5.82 Å². The molecule has 0 aliphatic rings. The quantitative estimate of drug-likeness (QED) is 0.809. The molecule has 4 nitrogen and oxygen atoms in total. The van der Waals surface area contributed by atoms with Crippen LogP contribution in [0.15, 0.2) is 18.3 Å². The lowest BCUT2D eigenvalue weighted by Crippen LogP contribution is -2.23. The van der Waals surface area contributed by atoms with Gasteiger partial charge in [-0.25, -0.2) is 4.98 Å². The third kappa shape index (κ3) is 2.68. The molecule has 0 spiro atoms. The third-order valence-corrected chi connectivity index (χ3v) is 2.32. The van der Waals surface area contributed by atoms with E-state index in [9.17, 15) is 4.79 Å². The highest BCUT2D eigenvalue weighted by Crippen LogP contribution is 2.10.